The van der Waals surface area contributed by atoms with Crippen LogP contribution in [0.3, 0.4) is 0 Å². The number of hydrogen-bond donors (Lipinski definition) is 2. The third-order valence-electron chi connectivity index (χ3n) is 4.55. The van der Waals surface area contributed by atoms with Gasteiger partial charge < -0.3 is 15.6 Å². The molecule has 112 valence electrons. The highest BCUT2D eigenvalue weighted by molar-refractivity contribution is 5.29. The molecule has 0 spiro atoms. The first-order valence-electron chi connectivity index (χ1n) is 7.24. The van der Waals surface area contributed by atoms with Crippen molar-refractivity contribution in [3.63, 3.8) is 0 Å². The van der Waals surface area contributed by atoms with Gasteiger partial charge in [0.15, 0.2) is 0 Å². The highest BCUT2D eigenvalue weighted by atomic mass is 19.1. The number of quaternary nitrogens is 1. The zero-order chi connectivity index (χ0) is 14.8. The molecule has 0 amide bonds. The lowest BCUT2D eigenvalue weighted by molar-refractivity contribution is -0.386. The molecular weight excluding hydrogens is 257 g/mol. The van der Waals surface area contributed by atoms with Gasteiger partial charge in [-0.15, -0.1) is 0 Å². The molecule has 0 radical (unpaired) electrons. The van der Waals surface area contributed by atoms with Crippen LogP contribution in [0.2, 0.25) is 0 Å². The van der Waals surface area contributed by atoms with Gasteiger partial charge in [-0.2, -0.15) is 0 Å². The Labute approximate surface area is 119 Å². The maximum Gasteiger partial charge on any atom is 0.123 e. The summed E-state index contributed by atoms with van der Waals surface area (Å²) >= 11 is 0. The van der Waals surface area contributed by atoms with E-state index in [1.165, 1.54) is 12.1 Å². The van der Waals surface area contributed by atoms with E-state index in [1.54, 1.807) is 0 Å². The zero-order valence-corrected chi connectivity index (χ0v) is 12.4. The molecule has 1 fully saturated rings. The zero-order valence-electron chi connectivity index (χ0n) is 12.4. The van der Waals surface area contributed by atoms with Gasteiger partial charge in [0.25, 0.3) is 0 Å². The largest absolute Gasteiger partial charge is 0.396 e. The molecule has 3 nitrogen and oxygen atoms in total. The Kier molecular flexibility index (Phi) is 4.47. The van der Waals surface area contributed by atoms with Crippen molar-refractivity contribution in [1.29, 1.82) is 0 Å². The average molecular weight is 282 g/mol. The fourth-order valence-corrected chi connectivity index (χ4v) is 3.56. The van der Waals surface area contributed by atoms with E-state index in [4.69, 9.17) is 4.74 Å². The summed E-state index contributed by atoms with van der Waals surface area (Å²) in [5.41, 5.74) is 4.65. The minimum absolute atomic E-state index is 0.0659. The predicted molar refractivity (Wildman–Crippen MR) is 75.7 cm³/mol. The first-order chi connectivity index (χ1) is 9.43. The summed E-state index contributed by atoms with van der Waals surface area (Å²) in [6.07, 6.45) is 1.65. The molecular formula is C16H25FNO2+. The average Bonchev–Trinajstić information content (AvgIpc) is 2.39. The third-order valence-corrected chi connectivity index (χ3v) is 4.55. The van der Waals surface area contributed by atoms with Crippen molar-refractivity contribution in [1.82, 2.24) is 0 Å². The highest BCUT2D eigenvalue weighted by Crippen LogP contribution is 2.46. The van der Waals surface area contributed by atoms with E-state index in [0.717, 1.165) is 18.4 Å². The van der Waals surface area contributed by atoms with Gasteiger partial charge in [0.2, 0.25) is 0 Å². The minimum Gasteiger partial charge on any atom is -0.396 e. The lowest BCUT2D eigenvalue weighted by Gasteiger charge is -2.48. The molecule has 1 aromatic rings. The summed E-state index contributed by atoms with van der Waals surface area (Å²) in [6, 6.07) is 6.68. The fraction of sp³-hybridized carbons (Fsp3) is 0.625. The van der Waals surface area contributed by atoms with E-state index in [2.05, 4.69) is 19.6 Å². The Hall–Kier alpha value is -0.970. The van der Waals surface area contributed by atoms with Gasteiger partial charge in [-0.1, -0.05) is 12.1 Å². The third kappa shape index (κ3) is 2.87. The van der Waals surface area contributed by atoms with Crippen LogP contribution in [0.25, 0.3) is 0 Å². The maximum atomic E-state index is 13.2. The normalized spacial score (nSPS) is 27.2. The van der Waals surface area contributed by atoms with Crippen molar-refractivity contribution in [3.05, 3.63) is 35.6 Å². The van der Waals surface area contributed by atoms with Gasteiger partial charge in [0, 0.05) is 17.9 Å². The van der Waals surface area contributed by atoms with E-state index in [9.17, 15) is 9.50 Å². The molecule has 2 unspecified atom stereocenters. The minimum atomic E-state index is -0.241. The molecule has 4 N–H and O–H groups in total. The van der Waals surface area contributed by atoms with Gasteiger partial charge in [-0.3, -0.25) is 0 Å². The summed E-state index contributed by atoms with van der Waals surface area (Å²) < 4.78 is 19.0. The summed E-state index contributed by atoms with van der Waals surface area (Å²) in [5.74, 6) is -0.165. The van der Waals surface area contributed by atoms with Crippen molar-refractivity contribution in [3.8, 4) is 0 Å². The summed E-state index contributed by atoms with van der Waals surface area (Å²) in [7, 11) is 0. The molecule has 1 heterocycles. The second kappa shape index (κ2) is 5.80. The van der Waals surface area contributed by atoms with Crippen LogP contribution in [0.4, 0.5) is 4.39 Å². The summed E-state index contributed by atoms with van der Waals surface area (Å²) in [5, 5.41) is 9.77. The smallest absolute Gasteiger partial charge is 0.123 e. The number of halogens is 1. The second-order valence-corrected chi connectivity index (χ2v) is 6.37. The fourth-order valence-electron chi connectivity index (χ4n) is 3.56. The number of hydrogen-bond acceptors (Lipinski definition) is 2. The Balaban J connectivity index is 2.45. The molecule has 1 aliphatic heterocycles. The van der Waals surface area contributed by atoms with Crippen LogP contribution >= 0.6 is 0 Å². The predicted octanol–water partition coefficient (Wildman–Crippen LogP) is 1.50. The van der Waals surface area contributed by atoms with Crippen molar-refractivity contribution >= 4 is 0 Å². The molecule has 20 heavy (non-hydrogen) atoms. The Morgan fingerprint density at radius 3 is 2.50 bits per heavy atom. The van der Waals surface area contributed by atoms with E-state index < -0.39 is 0 Å². The SMILES string of the molecule is CC1(C)CC(c2ccc(F)cc2)(C(C[NH3+])CO)CCO1. The van der Waals surface area contributed by atoms with E-state index in [1.807, 2.05) is 12.1 Å². The highest BCUT2D eigenvalue weighted by Gasteiger charge is 2.47. The maximum absolute atomic E-state index is 13.2. The molecule has 1 aliphatic rings. The molecule has 2 atom stereocenters. The van der Waals surface area contributed by atoms with Crippen molar-refractivity contribution < 1.29 is 20.0 Å². The van der Waals surface area contributed by atoms with Crippen LogP contribution < -0.4 is 5.73 Å². The standard InChI is InChI=1S/C16H24FNO2/c1-15(2)11-16(7-8-20-15,13(9-18)10-19)12-3-5-14(17)6-4-12/h3-6,13,19H,7-11,18H2,1-2H3/p+1. The molecule has 2 rings (SSSR count). The van der Waals surface area contributed by atoms with E-state index in [-0.39, 0.29) is 29.4 Å². The van der Waals surface area contributed by atoms with Crippen molar-refractivity contribution in [2.75, 3.05) is 19.8 Å². The van der Waals surface area contributed by atoms with Crippen LogP contribution in [0, 0.1) is 11.7 Å². The topological polar surface area (TPSA) is 57.1 Å². The molecule has 0 bridgehead atoms. The van der Waals surface area contributed by atoms with Crippen LogP contribution in [-0.4, -0.2) is 30.5 Å². The molecule has 0 saturated carbocycles. The van der Waals surface area contributed by atoms with Crippen LogP contribution in [0.1, 0.15) is 32.3 Å². The van der Waals surface area contributed by atoms with Crippen molar-refractivity contribution in [2.45, 2.75) is 37.7 Å². The molecule has 1 aromatic carbocycles. The van der Waals surface area contributed by atoms with Gasteiger partial charge in [-0.05, 0) is 44.4 Å². The Bertz CT molecular complexity index is 442. The molecule has 0 aliphatic carbocycles. The number of ether oxygens (including phenoxy) is 1. The Morgan fingerprint density at radius 2 is 2.00 bits per heavy atom. The summed E-state index contributed by atoms with van der Waals surface area (Å²) in [4.78, 5) is 0. The summed E-state index contributed by atoms with van der Waals surface area (Å²) in [6.45, 7) is 5.55. The lowest BCUT2D eigenvalue weighted by Crippen LogP contribution is -2.61. The second-order valence-electron chi connectivity index (χ2n) is 6.37. The first-order valence-corrected chi connectivity index (χ1v) is 7.24. The van der Waals surface area contributed by atoms with Gasteiger partial charge in [0.05, 0.1) is 18.8 Å². The quantitative estimate of drug-likeness (QED) is 0.879. The number of aliphatic hydroxyl groups is 1. The van der Waals surface area contributed by atoms with Gasteiger partial charge in [-0.25, -0.2) is 4.39 Å². The van der Waals surface area contributed by atoms with Crippen molar-refractivity contribution in [2.24, 2.45) is 5.92 Å². The lowest BCUT2D eigenvalue weighted by atomic mass is 9.62. The number of benzene rings is 1. The van der Waals surface area contributed by atoms with E-state index in [0.29, 0.717) is 13.2 Å². The van der Waals surface area contributed by atoms with Gasteiger partial charge in [0.1, 0.15) is 5.82 Å². The van der Waals surface area contributed by atoms with E-state index >= 15 is 0 Å². The van der Waals surface area contributed by atoms with Crippen LogP contribution in [-0.2, 0) is 10.2 Å². The molecule has 4 heteroatoms. The van der Waals surface area contributed by atoms with Gasteiger partial charge >= 0.3 is 0 Å². The number of rotatable bonds is 4. The monoisotopic (exact) mass is 282 g/mol. The number of aliphatic hydroxyl groups excluding tert-OH is 1. The molecule has 1 saturated heterocycles. The first kappa shape index (κ1) is 15.4. The van der Waals surface area contributed by atoms with Crippen LogP contribution in [0.15, 0.2) is 24.3 Å². The van der Waals surface area contributed by atoms with Crippen LogP contribution in [0.5, 0.6) is 0 Å². The Morgan fingerprint density at radius 1 is 1.35 bits per heavy atom. The molecule has 0 aromatic heterocycles.